The van der Waals surface area contributed by atoms with E-state index in [4.69, 9.17) is 19.0 Å². The van der Waals surface area contributed by atoms with E-state index in [1.807, 2.05) is 66.7 Å². The van der Waals surface area contributed by atoms with E-state index in [1.165, 1.54) is 0 Å². The third-order valence-corrected chi connectivity index (χ3v) is 7.23. The topological polar surface area (TPSA) is 57.2 Å². The molecule has 0 N–H and O–H groups in total. The molecule has 1 fully saturated rings. The van der Waals surface area contributed by atoms with Crippen LogP contribution in [0.4, 0.5) is 9.18 Å². The van der Waals surface area contributed by atoms with Crippen molar-refractivity contribution in [2.24, 2.45) is 0 Å². The van der Waals surface area contributed by atoms with Crippen molar-refractivity contribution < 1.29 is 28.2 Å². The van der Waals surface area contributed by atoms with Crippen molar-refractivity contribution >= 4 is 16.9 Å². The molecule has 5 rings (SSSR count). The van der Waals surface area contributed by atoms with Crippen molar-refractivity contribution in [1.82, 2.24) is 5.06 Å². The summed E-state index contributed by atoms with van der Waals surface area (Å²) in [6, 6.07) is 29.9. The Kier molecular flexibility index (Phi) is 9.40. The van der Waals surface area contributed by atoms with E-state index in [0.29, 0.717) is 38.3 Å². The highest BCUT2D eigenvalue weighted by molar-refractivity contribution is 5.89. The molecule has 6 nitrogen and oxygen atoms in total. The molecule has 1 aliphatic rings. The van der Waals surface area contributed by atoms with E-state index in [9.17, 15) is 9.18 Å². The summed E-state index contributed by atoms with van der Waals surface area (Å²) in [5.41, 5.74) is 3.05. The highest BCUT2D eigenvalue weighted by Crippen LogP contribution is 2.34. The second kappa shape index (κ2) is 13.4. The van der Waals surface area contributed by atoms with Crippen LogP contribution in [0.2, 0.25) is 0 Å². The molecule has 4 aromatic carbocycles. The van der Waals surface area contributed by atoms with E-state index in [1.54, 1.807) is 31.9 Å². The van der Waals surface area contributed by atoms with Crippen molar-refractivity contribution in [3.05, 3.63) is 113 Å². The van der Waals surface area contributed by atoms with Crippen molar-refractivity contribution in [2.45, 2.75) is 64.7 Å². The predicted octanol–water partition coefficient (Wildman–Crippen LogP) is 8.13. The zero-order valence-electron chi connectivity index (χ0n) is 24.4. The van der Waals surface area contributed by atoms with Crippen molar-refractivity contribution in [1.29, 1.82) is 0 Å². The summed E-state index contributed by atoms with van der Waals surface area (Å²) in [6.07, 6.45) is -0.378. The van der Waals surface area contributed by atoms with Gasteiger partial charge < -0.3 is 19.0 Å². The third kappa shape index (κ3) is 7.87. The van der Waals surface area contributed by atoms with E-state index in [2.05, 4.69) is 18.2 Å². The van der Waals surface area contributed by atoms with Crippen LogP contribution < -0.4 is 4.74 Å². The van der Waals surface area contributed by atoms with Gasteiger partial charge in [-0.15, -0.1) is 5.06 Å². The minimum atomic E-state index is -0.742. The van der Waals surface area contributed by atoms with Crippen LogP contribution >= 0.6 is 0 Å². The smallest absolute Gasteiger partial charge is 0.488 e. The quantitative estimate of drug-likeness (QED) is 0.189. The fourth-order valence-corrected chi connectivity index (χ4v) is 5.28. The summed E-state index contributed by atoms with van der Waals surface area (Å²) in [5.74, 6) is 0.797. The molecule has 4 aromatic rings. The molecule has 0 spiro atoms. The number of fused-ring (bicyclic) bond motifs is 1. The fraction of sp³-hybridized carbons (Fsp3) is 0.343. The number of carbonyl (C=O) groups is 1. The van der Waals surface area contributed by atoms with Crippen molar-refractivity contribution in [3.8, 4) is 5.75 Å². The molecule has 0 aliphatic carbocycles. The summed E-state index contributed by atoms with van der Waals surface area (Å²) < 4.78 is 31.7. The van der Waals surface area contributed by atoms with Crippen LogP contribution in [0.25, 0.3) is 10.8 Å². The van der Waals surface area contributed by atoms with Gasteiger partial charge in [-0.3, -0.25) is 0 Å². The summed E-state index contributed by atoms with van der Waals surface area (Å²) >= 11 is 0. The first-order chi connectivity index (χ1) is 20.3. The first-order valence-electron chi connectivity index (χ1n) is 14.4. The monoisotopic (exact) mass is 571 g/mol. The minimum Gasteiger partial charge on any atom is -0.488 e. The maximum atomic E-state index is 13.5. The Morgan fingerprint density at radius 2 is 1.64 bits per heavy atom. The zero-order chi connectivity index (χ0) is 29.5. The summed E-state index contributed by atoms with van der Waals surface area (Å²) in [4.78, 5) is 17.9. The Labute approximate surface area is 246 Å². The number of halogens is 1. The van der Waals surface area contributed by atoms with Crippen molar-refractivity contribution in [2.75, 3.05) is 13.1 Å². The highest BCUT2D eigenvalue weighted by atomic mass is 19.1. The van der Waals surface area contributed by atoms with Gasteiger partial charge in [-0.25, -0.2) is 9.18 Å². The SMILES string of the molecule is CC(C)(C)OC(=O)ON1CCC(c2cccc(CF)c2)C(OCc2cc(OCc3ccccc3)c3ccccc3c2)C1. The number of piperidine rings is 1. The number of ether oxygens (including phenoxy) is 3. The van der Waals surface area contributed by atoms with Gasteiger partial charge in [-0.1, -0.05) is 78.9 Å². The Morgan fingerprint density at radius 3 is 2.43 bits per heavy atom. The molecule has 1 saturated heterocycles. The van der Waals surface area contributed by atoms with Crippen LogP contribution in [-0.4, -0.2) is 36.0 Å². The Balaban J connectivity index is 1.35. The van der Waals surface area contributed by atoms with E-state index in [-0.39, 0.29) is 12.0 Å². The van der Waals surface area contributed by atoms with Crippen molar-refractivity contribution in [3.63, 3.8) is 0 Å². The highest BCUT2D eigenvalue weighted by Gasteiger charge is 2.34. The Bertz CT molecular complexity index is 1490. The van der Waals surface area contributed by atoms with Gasteiger partial charge in [0, 0.05) is 17.8 Å². The molecule has 2 unspecified atom stereocenters. The Morgan fingerprint density at radius 1 is 0.881 bits per heavy atom. The fourth-order valence-electron chi connectivity index (χ4n) is 5.28. The lowest BCUT2D eigenvalue weighted by Gasteiger charge is -2.37. The van der Waals surface area contributed by atoms with Crippen LogP contribution in [0.5, 0.6) is 5.75 Å². The average molecular weight is 572 g/mol. The standard InChI is InChI=1S/C35H38FNO5/c1-35(2,3)41-34(38)42-37-17-16-31(29-14-9-12-26(18-29)21-36)33(22-37)40-24-27-19-28-13-7-8-15-30(28)32(20-27)39-23-25-10-5-4-6-11-25/h4-15,18-20,31,33H,16-17,21-24H2,1-3H3. The van der Waals surface area contributed by atoms with E-state index in [0.717, 1.165) is 33.2 Å². The summed E-state index contributed by atoms with van der Waals surface area (Å²) in [6.45, 7) is 6.52. The molecule has 1 heterocycles. The molecule has 2 atom stereocenters. The van der Waals surface area contributed by atoms with Crippen LogP contribution in [0.3, 0.4) is 0 Å². The number of carbonyl (C=O) groups excluding carboxylic acids is 1. The van der Waals surface area contributed by atoms with Gasteiger partial charge in [0.15, 0.2) is 0 Å². The molecular weight excluding hydrogens is 533 g/mol. The van der Waals surface area contributed by atoms with Gasteiger partial charge in [-0.05, 0) is 67.0 Å². The first-order valence-corrected chi connectivity index (χ1v) is 14.4. The van der Waals surface area contributed by atoms with Gasteiger partial charge >= 0.3 is 6.16 Å². The molecule has 220 valence electrons. The summed E-state index contributed by atoms with van der Waals surface area (Å²) in [5, 5.41) is 3.70. The zero-order valence-corrected chi connectivity index (χ0v) is 24.4. The van der Waals surface area contributed by atoms with Gasteiger partial charge in [0.1, 0.15) is 24.6 Å². The summed E-state index contributed by atoms with van der Waals surface area (Å²) in [7, 11) is 0. The van der Waals surface area contributed by atoms with Crippen LogP contribution in [0.1, 0.15) is 55.4 Å². The van der Waals surface area contributed by atoms with Crippen LogP contribution in [0.15, 0.2) is 91.0 Å². The van der Waals surface area contributed by atoms with Gasteiger partial charge in [-0.2, -0.15) is 0 Å². The lowest BCUT2D eigenvalue weighted by Crippen LogP contribution is -2.45. The van der Waals surface area contributed by atoms with E-state index >= 15 is 0 Å². The molecule has 0 amide bonds. The second-order valence-electron chi connectivity index (χ2n) is 11.7. The molecule has 7 heteroatoms. The van der Waals surface area contributed by atoms with Gasteiger partial charge in [0.2, 0.25) is 0 Å². The number of hydrogen-bond donors (Lipinski definition) is 0. The number of hydroxylamine groups is 2. The lowest BCUT2D eigenvalue weighted by atomic mass is 9.87. The maximum absolute atomic E-state index is 13.5. The number of nitrogens with zero attached hydrogens (tertiary/aromatic N) is 1. The minimum absolute atomic E-state index is 0.00393. The molecule has 0 bridgehead atoms. The maximum Gasteiger partial charge on any atom is 0.528 e. The predicted molar refractivity (Wildman–Crippen MR) is 161 cm³/mol. The second-order valence-corrected chi connectivity index (χ2v) is 11.7. The average Bonchev–Trinajstić information content (AvgIpc) is 2.98. The number of benzene rings is 4. The molecule has 0 radical (unpaired) electrons. The Hall–Kier alpha value is -3.94. The number of alkyl halides is 1. The molecule has 1 aliphatic heterocycles. The third-order valence-electron chi connectivity index (χ3n) is 7.23. The number of hydrogen-bond acceptors (Lipinski definition) is 6. The largest absolute Gasteiger partial charge is 0.528 e. The van der Waals surface area contributed by atoms with Crippen LogP contribution in [-0.2, 0) is 34.2 Å². The molecule has 42 heavy (non-hydrogen) atoms. The molecular formula is C35H38FNO5. The molecule has 0 saturated carbocycles. The normalized spacial score (nSPS) is 17.6. The lowest BCUT2D eigenvalue weighted by molar-refractivity contribution is -0.179. The van der Waals surface area contributed by atoms with Gasteiger partial charge in [0.25, 0.3) is 0 Å². The number of rotatable bonds is 9. The van der Waals surface area contributed by atoms with E-state index < -0.39 is 18.4 Å². The van der Waals surface area contributed by atoms with Crippen LogP contribution in [0, 0.1) is 0 Å². The van der Waals surface area contributed by atoms with Gasteiger partial charge in [0.05, 0.1) is 19.3 Å². The first kappa shape index (κ1) is 29.5. The molecule has 0 aromatic heterocycles.